The maximum absolute atomic E-state index is 10.2. The van der Waals surface area contributed by atoms with Crippen LogP contribution in [0.2, 0.25) is 0 Å². The van der Waals surface area contributed by atoms with Crippen molar-refractivity contribution in [2.24, 2.45) is 5.92 Å². The second-order valence-electron chi connectivity index (χ2n) is 7.41. The van der Waals surface area contributed by atoms with Gasteiger partial charge >= 0.3 is 11.9 Å². The van der Waals surface area contributed by atoms with E-state index in [1.54, 1.807) is 24.9 Å². The van der Waals surface area contributed by atoms with E-state index in [1.807, 2.05) is 36.0 Å². The molecule has 1 aliphatic heterocycles. The summed E-state index contributed by atoms with van der Waals surface area (Å²) in [5.41, 5.74) is 0. The average molecular weight is 508 g/mol. The first-order valence-corrected chi connectivity index (χ1v) is 12.5. The minimum atomic E-state index is -1.26. The molecule has 2 atom stereocenters. The van der Waals surface area contributed by atoms with E-state index in [4.69, 9.17) is 19.7 Å². The van der Waals surface area contributed by atoms with Gasteiger partial charge in [-0.15, -0.1) is 23.5 Å². The molecule has 8 nitrogen and oxygen atoms in total. The average Bonchev–Trinajstić information content (AvgIpc) is 3.03. The smallest absolute Gasteiger partial charge is 0.328 e. The third-order valence-electron chi connectivity index (χ3n) is 4.56. The lowest BCUT2D eigenvalue weighted by molar-refractivity contribution is -0.134. The van der Waals surface area contributed by atoms with Crippen molar-refractivity contribution in [3.05, 3.63) is 54.6 Å². The minimum Gasteiger partial charge on any atom is -0.503 e. The van der Waals surface area contributed by atoms with Gasteiger partial charge in [-0.1, -0.05) is 25.1 Å². The molecule has 0 amide bonds. The monoisotopic (exact) mass is 507 g/mol. The fourth-order valence-electron chi connectivity index (χ4n) is 2.82. The molecule has 0 aliphatic carbocycles. The molecule has 4 N–H and O–H groups in total. The number of ether oxygens (including phenoxy) is 2. The second-order valence-corrected chi connectivity index (χ2v) is 9.53. The van der Waals surface area contributed by atoms with Crippen LogP contribution in [0.4, 0.5) is 0 Å². The van der Waals surface area contributed by atoms with E-state index in [9.17, 15) is 14.7 Å². The van der Waals surface area contributed by atoms with Gasteiger partial charge in [-0.3, -0.25) is 0 Å². The largest absolute Gasteiger partial charge is 0.503 e. The number of aliphatic carboxylic acids is 2. The van der Waals surface area contributed by atoms with Gasteiger partial charge in [0.15, 0.2) is 11.5 Å². The molecule has 0 spiro atoms. The van der Waals surface area contributed by atoms with Crippen LogP contribution < -0.4 is 14.8 Å². The maximum Gasteiger partial charge on any atom is 0.328 e. The Labute approximate surface area is 207 Å². The summed E-state index contributed by atoms with van der Waals surface area (Å²) in [6, 6.07) is 14.2. The molecular formula is C24H29NO7S2. The number of nitrogens with one attached hydrogen (secondary N) is 1. The zero-order chi connectivity index (χ0) is 24.9. The number of rotatable bonds is 9. The molecule has 0 fully saturated rings. The van der Waals surface area contributed by atoms with Crippen LogP contribution in [0.15, 0.2) is 64.4 Å². The van der Waals surface area contributed by atoms with Crippen molar-refractivity contribution >= 4 is 35.5 Å². The Hall–Kier alpha value is -2.82. The number of aromatic hydroxyl groups is 1. The molecule has 0 radical (unpaired) electrons. The molecule has 0 unspecified atom stereocenters. The lowest BCUT2D eigenvalue weighted by Crippen LogP contribution is -2.39. The van der Waals surface area contributed by atoms with Gasteiger partial charge in [-0.2, -0.15) is 0 Å². The van der Waals surface area contributed by atoms with E-state index in [1.165, 1.54) is 4.90 Å². The SMILES string of the molecule is COc1cccc(SC[C@@H](C)CN[C@@H]2COc3ccccc3SC2)c1O.O=C(O)/C=C\C(=O)O. The van der Waals surface area contributed by atoms with Crippen molar-refractivity contribution < 1.29 is 34.4 Å². The molecule has 184 valence electrons. The van der Waals surface area contributed by atoms with Gasteiger partial charge in [0.25, 0.3) is 0 Å². The number of thioether (sulfide) groups is 2. The lowest BCUT2D eigenvalue weighted by atomic mass is 10.2. The Kier molecular flexibility index (Phi) is 11.7. The number of fused-ring (bicyclic) bond motifs is 1. The Bertz CT molecular complexity index is 941. The van der Waals surface area contributed by atoms with E-state index in [0.29, 0.717) is 36.5 Å². The standard InChI is InChI=1S/C20H25NO3S2.C4H4O4/c1-14(12-25-19-9-5-7-17(23-2)20(19)22)10-21-15-11-24-16-6-3-4-8-18(16)26-13-15;5-3(6)1-2-4(7)8/h3-9,14-15,21-22H,10-13H2,1-2H3;1-2H,(H,5,6)(H,7,8)/b;2-1-/t14-,15+;/m0./s1. The van der Waals surface area contributed by atoms with E-state index < -0.39 is 11.9 Å². The Balaban J connectivity index is 0.000000440. The number of hydrogen-bond donors (Lipinski definition) is 4. The molecule has 3 rings (SSSR count). The van der Waals surface area contributed by atoms with Gasteiger partial charge in [-0.25, -0.2) is 9.59 Å². The Morgan fingerprint density at radius 3 is 2.59 bits per heavy atom. The minimum absolute atomic E-state index is 0.228. The van der Waals surface area contributed by atoms with Gasteiger partial charge < -0.3 is 30.1 Å². The van der Waals surface area contributed by atoms with Crippen LogP contribution in [0.25, 0.3) is 0 Å². The van der Waals surface area contributed by atoms with Gasteiger partial charge in [0, 0.05) is 28.6 Å². The molecule has 0 bridgehead atoms. The predicted molar refractivity (Wildman–Crippen MR) is 133 cm³/mol. The number of carbonyl (C=O) groups is 2. The molecule has 34 heavy (non-hydrogen) atoms. The maximum atomic E-state index is 10.2. The van der Waals surface area contributed by atoms with Gasteiger partial charge in [0.05, 0.1) is 18.0 Å². The van der Waals surface area contributed by atoms with Crippen molar-refractivity contribution in [2.75, 3.05) is 31.8 Å². The normalized spacial score (nSPS) is 15.8. The molecule has 1 heterocycles. The number of carboxylic acid groups (broad SMARTS) is 2. The molecular weight excluding hydrogens is 478 g/mol. The summed E-state index contributed by atoms with van der Waals surface area (Å²) >= 11 is 3.50. The zero-order valence-corrected chi connectivity index (χ0v) is 20.6. The van der Waals surface area contributed by atoms with Gasteiger partial charge in [0.1, 0.15) is 12.4 Å². The highest BCUT2D eigenvalue weighted by Gasteiger charge is 2.18. The molecule has 0 saturated heterocycles. The summed E-state index contributed by atoms with van der Waals surface area (Å²) in [5, 5.41) is 29.4. The summed E-state index contributed by atoms with van der Waals surface area (Å²) in [4.78, 5) is 21.2. The fraction of sp³-hybridized carbons (Fsp3) is 0.333. The van der Waals surface area contributed by atoms with Crippen LogP contribution in [0, 0.1) is 5.92 Å². The Morgan fingerprint density at radius 2 is 1.91 bits per heavy atom. The van der Waals surface area contributed by atoms with Crippen molar-refractivity contribution in [1.82, 2.24) is 5.32 Å². The molecule has 0 aromatic heterocycles. The van der Waals surface area contributed by atoms with E-state index in [2.05, 4.69) is 24.4 Å². The highest BCUT2D eigenvalue weighted by atomic mass is 32.2. The Morgan fingerprint density at radius 1 is 1.21 bits per heavy atom. The number of phenols is 1. The predicted octanol–water partition coefficient (Wildman–Crippen LogP) is 3.98. The highest BCUT2D eigenvalue weighted by Crippen LogP contribution is 2.37. The third-order valence-corrected chi connectivity index (χ3v) is 7.15. The molecule has 0 saturated carbocycles. The molecule has 2 aromatic carbocycles. The van der Waals surface area contributed by atoms with E-state index in [0.717, 1.165) is 28.7 Å². The van der Waals surface area contributed by atoms with Crippen molar-refractivity contribution in [2.45, 2.75) is 22.8 Å². The number of benzene rings is 2. The van der Waals surface area contributed by atoms with E-state index >= 15 is 0 Å². The van der Waals surface area contributed by atoms with Crippen LogP contribution in [0.1, 0.15) is 6.92 Å². The number of hydrogen-bond acceptors (Lipinski definition) is 8. The summed E-state index contributed by atoms with van der Waals surface area (Å²) in [6.45, 7) is 3.83. The number of carboxylic acids is 2. The van der Waals surface area contributed by atoms with Crippen LogP contribution in [-0.2, 0) is 9.59 Å². The summed E-state index contributed by atoms with van der Waals surface area (Å²) in [6.07, 6.45) is 1.12. The van der Waals surface area contributed by atoms with Crippen LogP contribution >= 0.6 is 23.5 Å². The van der Waals surface area contributed by atoms with Crippen molar-refractivity contribution in [3.8, 4) is 17.2 Å². The lowest BCUT2D eigenvalue weighted by Gasteiger charge is -2.19. The van der Waals surface area contributed by atoms with Crippen LogP contribution in [0.5, 0.6) is 17.2 Å². The fourth-order valence-corrected chi connectivity index (χ4v) is 4.85. The number of methoxy groups -OCH3 is 1. The quantitative estimate of drug-likeness (QED) is 0.292. The first-order chi connectivity index (χ1) is 16.3. The topological polar surface area (TPSA) is 125 Å². The summed E-state index contributed by atoms with van der Waals surface area (Å²) in [5.74, 6) is 1.63. The molecule has 10 heteroatoms. The van der Waals surface area contributed by atoms with Crippen molar-refractivity contribution in [1.29, 1.82) is 0 Å². The van der Waals surface area contributed by atoms with Gasteiger partial charge in [0.2, 0.25) is 0 Å². The third kappa shape index (κ3) is 9.58. The first kappa shape index (κ1) is 27.4. The number of para-hydroxylation sites is 2. The highest BCUT2D eigenvalue weighted by molar-refractivity contribution is 7.99. The summed E-state index contributed by atoms with van der Waals surface area (Å²) in [7, 11) is 1.57. The second kappa shape index (κ2) is 14.4. The van der Waals surface area contributed by atoms with Crippen LogP contribution in [-0.4, -0.2) is 65.1 Å². The summed E-state index contributed by atoms with van der Waals surface area (Å²) < 4.78 is 11.1. The molecule has 1 aliphatic rings. The number of phenolic OH excluding ortho intramolecular Hbond substituents is 1. The van der Waals surface area contributed by atoms with Crippen molar-refractivity contribution in [3.63, 3.8) is 0 Å². The zero-order valence-electron chi connectivity index (χ0n) is 19.0. The van der Waals surface area contributed by atoms with Gasteiger partial charge in [-0.05, 0) is 36.7 Å². The first-order valence-electron chi connectivity index (χ1n) is 10.5. The van der Waals surface area contributed by atoms with E-state index in [-0.39, 0.29) is 5.75 Å². The molecule has 2 aromatic rings. The van der Waals surface area contributed by atoms with Crippen LogP contribution in [0.3, 0.4) is 0 Å².